The standard InChI is InChI=1S/C9H11BrN4O/c10-7-3-13-8(4-12-7)14-5-6(2-11)1-9(14)15/h3-4,6H,1-2,5,11H2. The highest BCUT2D eigenvalue weighted by atomic mass is 79.9. The molecule has 0 bridgehead atoms. The number of nitrogens with zero attached hydrogens (tertiary/aromatic N) is 3. The summed E-state index contributed by atoms with van der Waals surface area (Å²) in [5.74, 6) is 0.907. The van der Waals surface area contributed by atoms with Gasteiger partial charge in [-0.2, -0.15) is 0 Å². The van der Waals surface area contributed by atoms with Crippen molar-refractivity contribution in [3.63, 3.8) is 0 Å². The van der Waals surface area contributed by atoms with Crippen LogP contribution in [0.2, 0.25) is 0 Å². The fourth-order valence-corrected chi connectivity index (χ4v) is 1.81. The SMILES string of the molecule is NCC1CC(=O)N(c2cnc(Br)cn2)C1. The second-order valence-electron chi connectivity index (χ2n) is 3.51. The third-order valence-electron chi connectivity index (χ3n) is 2.42. The zero-order chi connectivity index (χ0) is 10.8. The molecule has 1 aromatic heterocycles. The first kappa shape index (κ1) is 10.5. The second kappa shape index (κ2) is 4.24. The quantitative estimate of drug-likeness (QED) is 0.852. The number of carbonyl (C=O) groups is 1. The largest absolute Gasteiger partial charge is 0.330 e. The molecule has 1 aliphatic rings. The van der Waals surface area contributed by atoms with Crippen molar-refractivity contribution in [2.45, 2.75) is 6.42 Å². The number of anilines is 1. The van der Waals surface area contributed by atoms with Crippen LogP contribution in [0.5, 0.6) is 0 Å². The molecule has 1 fully saturated rings. The molecule has 1 amide bonds. The Labute approximate surface area is 95.8 Å². The van der Waals surface area contributed by atoms with Crippen molar-refractivity contribution in [3.8, 4) is 0 Å². The Hall–Kier alpha value is -1.01. The average molecular weight is 271 g/mol. The van der Waals surface area contributed by atoms with Gasteiger partial charge in [-0.25, -0.2) is 9.97 Å². The molecular weight excluding hydrogens is 260 g/mol. The number of halogens is 1. The van der Waals surface area contributed by atoms with Crippen molar-refractivity contribution < 1.29 is 4.79 Å². The van der Waals surface area contributed by atoms with Crippen LogP contribution in [0.3, 0.4) is 0 Å². The first-order valence-electron chi connectivity index (χ1n) is 4.68. The van der Waals surface area contributed by atoms with E-state index in [1.54, 1.807) is 17.3 Å². The number of rotatable bonds is 2. The number of hydrogen-bond acceptors (Lipinski definition) is 4. The van der Waals surface area contributed by atoms with Gasteiger partial charge >= 0.3 is 0 Å². The minimum absolute atomic E-state index is 0.0714. The summed E-state index contributed by atoms with van der Waals surface area (Å²) in [5.41, 5.74) is 5.54. The van der Waals surface area contributed by atoms with Crippen LogP contribution in [0.25, 0.3) is 0 Å². The fraction of sp³-hybridized carbons (Fsp3) is 0.444. The fourth-order valence-electron chi connectivity index (χ4n) is 1.61. The maximum absolute atomic E-state index is 11.6. The van der Waals surface area contributed by atoms with E-state index in [0.717, 1.165) is 0 Å². The van der Waals surface area contributed by atoms with Crippen molar-refractivity contribution in [1.82, 2.24) is 9.97 Å². The molecule has 1 aromatic rings. The molecule has 1 atom stereocenters. The number of nitrogens with two attached hydrogens (primary N) is 1. The number of amides is 1. The van der Waals surface area contributed by atoms with Crippen LogP contribution < -0.4 is 10.6 Å². The molecule has 1 aliphatic heterocycles. The lowest BCUT2D eigenvalue weighted by molar-refractivity contribution is -0.117. The molecule has 80 valence electrons. The number of hydrogen-bond donors (Lipinski definition) is 1. The lowest BCUT2D eigenvalue weighted by atomic mass is 10.1. The number of carbonyl (C=O) groups excluding carboxylic acids is 1. The average Bonchev–Trinajstić information content (AvgIpc) is 2.61. The molecule has 1 unspecified atom stereocenters. The van der Waals surface area contributed by atoms with Crippen LogP contribution in [0, 0.1) is 5.92 Å². The Balaban J connectivity index is 2.18. The van der Waals surface area contributed by atoms with Gasteiger partial charge in [0.05, 0.1) is 12.4 Å². The Morgan fingerprint density at radius 1 is 1.53 bits per heavy atom. The third kappa shape index (κ3) is 2.15. The van der Waals surface area contributed by atoms with Gasteiger partial charge in [0.25, 0.3) is 0 Å². The monoisotopic (exact) mass is 270 g/mol. The van der Waals surface area contributed by atoms with Crippen LogP contribution >= 0.6 is 15.9 Å². The van der Waals surface area contributed by atoms with Crippen molar-refractivity contribution in [1.29, 1.82) is 0 Å². The first-order chi connectivity index (χ1) is 7.20. The summed E-state index contributed by atoms with van der Waals surface area (Å²) in [6, 6.07) is 0. The molecule has 2 rings (SSSR count). The van der Waals surface area contributed by atoms with E-state index < -0.39 is 0 Å². The normalized spacial score (nSPS) is 21.1. The summed E-state index contributed by atoms with van der Waals surface area (Å²) >= 11 is 3.20. The molecule has 0 aromatic carbocycles. The van der Waals surface area contributed by atoms with E-state index in [-0.39, 0.29) is 11.8 Å². The smallest absolute Gasteiger partial charge is 0.228 e. The third-order valence-corrected chi connectivity index (χ3v) is 2.83. The van der Waals surface area contributed by atoms with Crippen LogP contribution in [-0.4, -0.2) is 29.0 Å². The van der Waals surface area contributed by atoms with Crippen molar-refractivity contribution in [2.75, 3.05) is 18.0 Å². The van der Waals surface area contributed by atoms with E-state index in [0.29, 0.717) is 29.9 Å². The molecule has 0 saturated carbocycles. The minimum Gasteiger partial charge on any atom is -0.330 e. The molecule has 0 aliphatic carbocycles. The molecule has 15 heavy (non-hydrogen) atoms. The van der Waals surface area contributed by atoms with Crippen LogP contribution in [0.4, 0.5) is 5.82 Å². The Morgan fingerprint density at radius 3 is 2.87 bits per heavy atom. The topological polar surface area (TPSA) is 72.1 Å². The van der Waals surface area contributed by atoms with Gasteiger partial charge in [0.2, 0.25) is 5.91 Å². The van der Waals surface area contributed by atoms with E-state index >= 15 is 0 Å². The number of aromatic nitrogens is 2. The van der Waals surface area contributed by atoms with Gasteiger partial charge < -0.3 is 5.73 Å². The first-order valence-corrected chi connectivity index (χ1v) is 5.48. The molecule has 1 saturated heterocycles. The van der Waals surface area contributed by atoms with Gasteiger partial charge in [0.1, 0.15) is 4.60 Å². The zero-order valence-corrected chi connectivity index (χ0v) is 9.64. The Kier molecular flexibility index (Phi) is 2.97. The molecule has 0 radical (unpaired) electrons. The van der Waals surface area contributed by atoms with Crippen LogP contribution in [0.15, 0.2) is 17.0 Å². The van der Waals surface area contributed by atoms with Crippen LogP contribution in [-0.2, 0) is 4.79 Å². The maximum atomic E-state index is 11.6. The van der Waals surface area contributed by atoms with E-state index in [9.17, 15) is 4.79 Å². The van der Waals surface area contributed by atoms with E-state index in [2.05, 4.69) is 25.9 Å². The molecule has 6 heteroatoms. The van der Waals surface area contributed by atoms with E-state index in [4.69, 9.17) is 5.73 Å². The summed E-state index contributed by atoms with van der Waals surface area (Å²) in [4.78, 5) is 21.4. The lowest BCUT2D eigenvalue weighted by Gasteiger charge is -2.14. The van der Waals surface area contributed by atoms with Gasteiger partial charge in [-0.15, -0.1) is 0 Å². The lowest BCUT2D eigenvalue weighted by Crippen LogP contribution is -2.26. The summed E-state index contributed by atoms with van der Waals surface area (Å²) < 4.78 is 0.660. The summed E-state index contributed by atoms with van der Waals surface area (Å²) in [5, 5.41) is 0. The Bertz CT molecular complexity index is 367. The van der Waals surface area contributed by atoms with Gasteiger partial charge in [-0.05, 0) is 28.4 Å². The summed E-state index contributed by atoms with van der Waals surface area (Å²) in [6.45, 7) is 1.18. The Morgan fingerprint density at radius 2 is 2.33 bits per heavy atom. The van der Waals surface area contributed by atoms with Gasteiger partial charge in [0, 0.05) is 13.0 Å². The second-order valence-corrected chi connectivity index (χ2v) is 4.32. The summed E-state index contributed by atoms with van der Waals surface area (Å²) in [7, 11) is 0. The van der Waals surface area contributed by atoms with E-state index in [1.165, 1.54) is 0 Å². The van der Waals surface area contributed by atoms with Crippen LogP contribution in [0.1, 0.15) is 6.42 Å². The predicted molar refractivity (Wildman–Crippen MR) is 59.2 cm³/mol. The highest BCUT2D eigenvalue weighted by Gasteiger charge is 2.30. The highest BCUT2D eigenvalue weighted by molar-refractivity contribution is 9.10. The predicted octanol–water partition coefficient (Wildman–Crippen LogP) is 0.551. The molecule has 5 nitrogen and oxygen atoms in total. The highest BCUT2D eigenvalue weighted by Crippen LogP contribution is 2.22. The van der Waals surface area contributed by atoms with Crippen molar-refractivity contribution in [2.24, 2.45) is 11.7 Å². The molecule has 0 spiro atoms. The van der Waals surface area contributed by atoms with Gasteiger partial charge in [-0.3, -0.25) is 9.69 Å². The minimum atomic E-state index is 0.0714. The zero-order valence-electron chi connectivity index (χ0n) is 8.06. The van der Waals surface area contributed by atoms with E-state index in [1.807, 2.05) is 0 Å². The van der Waals surface area contributed by atoms with Gasteiger partial charge in [-0.1, -0.05) is 0 Å². The summed E-state index contributed by atoms with van der Waals surface area (Å²) in [6.07, 6.45) is 3.67. The van der Waals surface area contributed by atoms with Gasteiger partial charge in [0.15, 0.2) is 5.82 Å². The van der Waals surface area contributed by atoms with Crippen molar-refractivity contribution in [3.05, 3.63) is 17.0 Å². The van der Waals surface area contributed by atoms with Crippen molar-refractivity contribution >= 4 is 27.7 Å². The molecule has 2 N–H and O–H groups in total. The molecular formula is C9H11BrN4O. The maximum Gasteiger partial charge on any atom is 0.228 e. The molecule has 2 heterocycles.